The summed E-state index contributed by atoms with van der Waals surface area (Å²) in [4.78, 5) is 34.3. The molecule has 3 N–H and O–H groups in total. The third kappa shape index (κ3) is 5.72. The molecule has 0 fully saturated rings. The van der Waals surface area contributed by atoms with Crippen LogP contribution in [-0.2, 0) is 14.4 Å². The Balaban J connectivity index is 4.85. The van der Waals surface area contributed by atoms with Crippen molar-refractivity contribution in [2.45, 2.75) is 53.1 Å². The second-order valence-electron chi connectivity index (χ2n) is 5.13. The van der Waals surface area contributed by atoms with Crippen molar-refractivity contribution in [3.63, 3.8) is 0 Å². The highest BCUT2D eigenvalue weighted by Crippen LogP contribution is 2.10. The molecular weight excluding hydrogens is 248 g/mol. The third-order valence-corrected chi connectivity index (χ3v) is 3.08. The minimum absolute atomic E-state index is 0.115. The van der Waals surface area contributed by atoms with Gasteiger partial charge in [-0.1, -0.05) is 34.1 Å². The van der Waals surface area contributed by atoms with Gasteiger partial charge in [-0.25, -0.2) is 4.79 Å². The number of hydrogen-bond donors (Lipinski definition) is 3. The van der Waals surface area contributed by atoms with Gasteiger partial charge in [0, 0.05) is 6.92 Å². The molecule has 0 radical (unpaired) electrons. The van der Waals surface area contributed by atoms with E-state index in [9.17, 15) is 14.4 Å². The third-order valence-electron chi connectivity index (χ3n) is 3.08. The van der Waals surface area contributed by atoms with Gasteiger partial charge in [-0.3, -0.25) is 9.59 Å². The normalized spacial score (nSPS) is 15.5. The average molecular weight is 272 g/mol. The van der Waals surface area contributed by atoms with Crippen molar-refractivity contribution in [3.05, 3.63) is 0 Å². The van der Waals surface area contributed by atoms with E-state index in [1.165, 1.54) is 6.92 Å². The standard InChI is InChI=1S/C13H24N2O4/c1-6-8(4)11(13(18)19)15-12(17)10(7(2)3)14-9(5)16/h7-8,10-11H,6H2,1-5H3,(H,14,16)(H,15,17)(H,18,19). The summed E-state index contributed by atoms with van der Waals surface area (Å²) in [7, 11) is 0. The number of carbonyl (C=O) groups is 3. The van der Waals surface area contributed by atoms with Crippen LogP contribution in [0.15, 0.2) is 0 Å². The topological polar surface area (TPSA) is 95.5 Å². The smallest absolute Gasteiger partial charge is 0.326 e. The quantitative estimate of drug-likeness (QED) is 0.637. The fourth-order valence-electron chi connectivity index (χ4n) is 1.68. The van der Waals surface area contributed by atoms with Gasteiger partial charge < -0.3 is 15.7 Å². The van der Waals surface area contributed by atoms with Crippen molar-refractivity contribution in [1.82, 2.24) is 10.6 Å². The number of carbonyl (C=O) groups excluding carboxylic acids is 2. The molecule has 6 nitrogen and oxygen atoms in total. The van der Waals surface area contributed by atoms with Gasteiger partial charge in [-0.2, -0.15) is 0 Å². The summed E-state index contributed by atoms with van der Waals surface area (Å²) in [6, 6.07) is -1.66. The van der Waals surface area contributed by atoms with E-state index in [4.69, 9.17) is 5.11 Å². The summed E-state index contributed by atoms with van der Waals surface area (Å²) in [5, 5.41) is 14.2. The van der Waals surface area contributed by atoms with Crippen LogP contribution in [0.1, 0.15) is 41.0 Å². The van der Waals surface area contributed by atoms with E-state index in [0.29, 0.717) is 6.42 Å². The van der Waals surface area contributed by atoms with Crippen LogP contribution in [0.2, 0.25) is 0 Å². The van der Waals surface area contributed by atoms with Crippen molar-refractivity contribution in [1.29, 1.82) is 0 Å². The molecule has 6 heteroatoms. The fourth-order valence-corrected chi connectivity index (χ4v) is 1.68. The first-order valence-electron chi connectivity index (χ1n) is 6.50. The summed E-state index contributed by atoms with van der Waals surface area (Å²) in [5.74, 6) is -2.13. The molecule has 0 aliphatic heterocycles. The molecule has 3 unspecified atom stereocenters. The van der Waals surface area contributed by atoms with E-state index in [1.54, 1.807) is 20.8 Å². The maximum atomic E-state index is 12.1. The number of hydrogen-bond acceptors (Lipinski definition) is 3. The Morgan fingerprint density at radius 1 is 1.05 bits per heavy atom. The highest BCUT2D eigenvalue weighted by Gasteiger charge is 2.30. The van der Waals surface area contributed by atoms with Crippen LogP contribution in [0, 0.1) is 11.8 Å². The Kier molecular flexibility index (Phi) is 7.11. The summed E-state index contributed by atoms with van der Waals surface area (Å²) in [6.07, 6.45) is 0.643. The summed E-state index contributed by atoms with van der Waals surface area (Å²) < 4.78 is 0. The zero-order valence-corrected chi connectivity index (χ0v) is 12.2. The molecule has 0 aromatic rings. The molecular formula is C13H24N2O4. The van der Waals surface area contributed by atoms with E-state index in [2.05, 4.69) is 10.6 Å². The lowest BCUT2D eigenvalue weighted by molar-refractivity contribution is -0.144. The van der Waals surface area contributed by atoms with Gasteiger partial charge in [0.05, 0.1) is 0 Å². The van der Waals surface area contributed by atoms with E-state index < -0.39 is 24.0 Å². The number of nitrogens with one attached hydrogen (secondary N) is 2. The van der Waals surface area contributed by atoms with Crippen LogP contribution in [0.5, 0.6) is 0 Å². The molecule has 0 saturated heterocycles. The van der Waals surface area contributed by atoms with E-state index in [0.717, 1.165) is 0 Å². The first kappa shape index (κ1) is 17.4. The second-order valence-corrected chi connectivity index (χ2v) is 5.13. The maximum absolute atomic E-state index is 12.1. The van der Waals surface area contributed by atoms with Crippen molar-refractivity contribution in [3.8, 4) is 0 Å². The monoisotopic (exact) mass is 272 g/mol. The molecule has 0 aromatic carbocycles. The predicted octanol–water partition coefficient (Wildman–Crippen LogP) is 0.763. The second kappa shape index (κ2) is 7.76. The Bertz CT molecular complexity index is 342. The number of aliphatic carboxylic acids is 1. The number of carboxylic acids is 1. The molecule has 0 aliphatic rings. The summed E-state index contributed by atoms with van der Waals surface area (Å²) >= 11 is 0. The Hall–Kier alpha value is -1.59. The van der Waals surface area contributed by atoms with Gasteiger partial charge in [-0.15, -0.1) is 0 Å². The zero-order chi connectivity index (χ0) is 15.2. The first-order chi connectivity index (χ1) is 8.70. The van der Waals surface area contributed by atoms with Crippen molar-refractivity contribution < 1.29 is 19.5 Å². The lowest BCUT2D eigenvalue weighted by atomic mass is 9.97. The predicted molar refractivity (Wildman–Crippen MR) is 71.5 cm³/mol. The van der Waals surface area contributed by atoms with Gasteiger partial charge in [-0.05, 0) is 11.8 Å². The Morgan fingerprint density at radius 2 is 1.58 bits per heavy atom. The summed E-state index contributed by atoms with van der Waals surface area (Å²) in [5.41, 5.74) is 0. The van der Waals surface area contributed by atoms with Crippen molar-refractivity contribution in [2.75, 3.05) is 0 Å². The lowest BCUT2D eigenvalue weighted by Gasteiger charge is -2.25. The lowest BCUT2D eigenvalue weighted by Crippen LogP contribution is -2.54. The molecule has 2 amide bonds. The van der Waals surface area contributed by atoms with Crippen LogP contribution >= 0.6 is 0 Å². The molecule has 0 aliphatic carbocycles. The molecule has 0 aromatic heterocycles. The van der Waals surface area contributed by atoms with Gasteiger partial charge >= 0.3 is 5.97 Å². The largest absolute Gasteiger partial charge is 0.480 e. The minimum atomic E-state index is -1.06. The molecule has 3 atom stereocenters. The van der Waals surface area contributed by atoms with Gasteiger partial charge in [0.1, 0.15) is 12.1 Å². The average Bonchev–Trinajstić information content (AvgIpc) is 2.30. The molecule has 0 bridgehead atoms. The van der Waals surface area contributed by atoms with E-state index in [-0.39, 0.29) is 17.7 Å². The van der Waals surface area contributed by atoms with Crippen molar-refractivity contribution in [2.24, 2.45) is 11.8 Å². The van der Waals surface area contributed by atoms with Gasteiger partial charge in [0.25, 0.3) is 0 Å². The Labute approximate surface area is 113 Å². The fraction of sp³-hybridized carbons (Fsp3) is 0.769. The molecule has 0 spiro atoms. The Morgan fingerprint density at radius 3 is 1.89 bits per heavy atom. The molecule has 19 heavy (non-hydrogen) atoms. The molecule has 110 valence electrons. The van der Waals surface area contributed by atoms with Gasteiger partial charge in [0.2, 0.25) is 11.8 Å². The minimum Gasteiger partial charge on any atom is -0.480 e. The van der Waals surface area contributed by atoms with Crippen LogP contribution in [0.3, 0.4) is 0 Å². The number of rotatable bonds is 7. The summed E-state index contributed by atoms with van der Waals surface area (Å²) in [6.45, 7) is 8.53. The zero-order valence-electron chi connectivity index (χ0n) is 12.2. The van der Waals surface area contributed by atoms with Crippen LogP contribution in [-0.4, -0.2) is 35.0 Å². The maximum Gasteiger partial charge on any atom is 0.326 e. The highest BCUT2D eigenvalue weighted by molar-refractivity contribution is 5.90. The van der Waals surface area contributed by atoms with E-state index in [1.807, 2.05) is 6.92 Å². The van der Waals surface area contributed by atoms with Crippen LogP contribution < -0.4 is 10.6 Å². The molecule has 0 saturated carbocycles. The SMILES string of the molecule is CCC(C)C(NC(=O)C(NC(C)=O)C(C)C)C(=O)O. The number of carboxylic acid groups (broad SMARTS) is 1. The van der Waals surface area contributed by atoms with Crippen LogP contribution in [0.25, 0.3) is 0 Å². The highest BCUT2D eigenvalue weighted by atomic mass is 16.4. The number of amides is 2. The molecule has 0 heterocycles. The van der Waals surface area contributed by atoms with Crippen molar-refractivity contribution >= 4 is 17.8 Å². The molecule has 0 rings (SSSR count). The van der Waals surface area contributed by atoms with Crippen LogP contribution in [0.4, 0.5) is 0 Å². The van der Waals surface area contributed by atoms with E-state index >= 15 is 0 Å². The van der Waals surface area contributed by atoms with Gasteiger partial charge in [0.15, 0.2) is 0 Å². The first-order valence-corrected chi connectivity index (χ1v) is 6.50.